The molecule has 1 fully saturated rings. The Hall–Kier alpha value is -0.790. The molecule has 1 aromatic heterocycles. The standard InChI is InChI=1S/C9H12IN3O6/c10-3-1-13(9(17)11-7(3)12-18)8-6(16)5(15)4(2-14)19-8/h1,4-6,8,14-16,18H,2H2,(H,11,12,17)/t4-,5?,6?,8-/m1/s1. The van der Waals surface area contributed by atoms with Gasteiger partial charge in [0.15, 0.2) is 12.0 Å². The monoisotopic (exact) mass is 385 g/mol. The summed E-state index contributed by atoms with van der Waals surface area (Å²) in [6, 6.07) is 0. The Morgan fingerprint density at radius 2 is 2.16 bits per heavy atom. The van der Waals surface area contributed by atoms with Gasteiger partial charge >= 0.3 is 5.69 Å². The van der Waals surface area contributed by atoms with Crippen LogP contribution in [0.2, 0.25) is 0 Å². The number of aliphatic hydroxyl groups is 3. The van der Waals surface area contributed by atoms with Gasteiger partial charge < -0.3 is 20.1 Å². The van der Waals surface area contributed by atoms with E-state index in [4.69, 9.17) is 15.1 Å². The summed E-state index contributed by atoms with van der Waals surface area (Å²) in [5.74, 6) is -0.0198. The lowest BCUT2D eigenvalue weighted by atomic mass is 10.1. The summed E-state index contributed by atoms with van der Waals surface area (Å²) in [6.07, 6.45) is -3.46. The molecule has 1 aliphatic rings. The Morgan fingerprint density at radius 3 is 2.68 bits per heavy atom. The summed E-state index contributed by atoms with van der Waals surface area (Å²) in [6.45, 7) is -0.482. The average Bonchev–Trinajstić information content (AvgIpc) is 2.68. The fraction of sp³-hybridized carbons (Fsp3) is 0.556. The zero-order chi connectivity index (χ0) is 14.2. The van der Waals surface area contributed by atoms with Crippen molar-refractivity contribution in [3.05, 3.63) is 20.3 Å². The minimum Gasteiger partial charge on any atom is -0.394 e. The Bertz CT molecular complexity index is 523. The Labute approximate surface area is 120 Å². The van der Waals surface area contributed by atoms with Gasteiger partial charge in [-0.15, -0.1) is 0 Å². The summed E-state index contributed by atoms with van der Waals surface area (Å²) >= 11 is 1.82. The quantitative estimate of drug-likeness (QED) is 0.306. The zero-order valence-electron chi connectivity index (χ0n) is 9.47. The first kappa shape index (κ1) is 14.6. The Balaban J connectivity index is 2.38. The highest BCUT2D eigenvalue weighted by atomic mass is 127. The van der Waals surface area contributed by atoms with Crippen LogP contribution in [0.4, 0.5) is 5.82 Å². The third-order valence-corrected chi connectivity index (χ3v) is 3.59. The van der Waals surface area contributed by atoms with Gasteiger partial charge in [0.1, 0.15) is 18.3 Å². The van der Waals surface area contributed by atoms with Crippen molar-refractivity contribution in [2.75, 3.05) is 12.1 Å². The molecule has 106 valence electrons. The van der Waals surface area contributed by atoms with Gasteiger partial charge in [-0.3, -0.25) is 15.3 Å². The number of rotatable bonds is 3. The molecule has 0 saturated carbocycles. The number of hydrogen-bond acceptors (Lipinski definition) is 8. The summed E-state index contributed by atoms with van der Waals surface area (Å²) < 4.78 is 6.62. The van der Waals surface area contributed by atoms with Crippen molar-refractivity contribution in [1.82, 2.24) is 9.55 Å². The number of ether oxygens (including phenoxy) is 1. The molecule has 0 bridgehead atoms. The Kier molecular flexibility index (Phi) is 4.37. The van der Waals surface area contributed by atoms with E-state index in [0.29, 0.717) is 3.57 Å². The average molecular weight is 385 g/mol. The lowest BCUT2D eigenvalue weighted by Gasteiger charge is -2.17. The van der Waals surface area contributed by atoms with Crippen LogP contribution in [0.3, 0.4) is 0 Å². The predicted octanol–water partition coefficient (Wildman–Crippen LogP) is -1.74. The molecule has 10 heteroatoms. The number of anilines is 1. The molecule has 0 amide bonds. The molecule has 2 unspecified atom stereocenters. The molecule has 1 aromatic rings. The van der Waals surface area contributed by atoms with Crippen molar-refractivity contribution in [3.8, 4) is 0 Å². The van der Waals surface area contributed by atoms with E-state index in [2.05, 4.69) is 4.98 Å². The summed E-state index contributed by atoms with van der Waals surface area (Å²) in [5.41, 5.74) is 0.998. The predicted molar refractivity (Wildman–Crippen MR) is 69.6 cm³/mol. The topological polar surface area (TPSA) is 137 Å². The van der Waals surface area contributed by atoms with Gasteiger partial charge in [-0.2, -0.15) is 4.98 Å². The van der Waals surface area contributed by atoms with Crippen LogP contribution in [-0.4, -0.2) is 55.0 Å². The van der Waals surface area contributed by atoms with Crippen LogP contribution in [0, 0.1) is 3.57 Å². The van der Waals surface area contributed by atoms with E-state index in [0.717, 1.165) is 4.57 Å². The second kappa shape index (κ2) is 5.68. The molecule has 1 aliphatic heterocycles. The van der Waals surface area contributed by atoms with Crippen LogP contribution in [-0.2, 0) is 4.74 Å². The molecular weight excluding hydrogens is 373 g/mol. The second-order valence-corrected chi connectivity index (χ2v) is 5.13. The van der Waals surface area contributed by atoms with E-state index < -0.39 is 36.8 Å². The summed E-state index contributed by atoms with van der Waals surface area (Å²) in [7, 11) is 0. The lowest BCUT2D eigenvalue weighted by molar-refractivity contribution is -0.0550. The SMILES string of the molecule is O=c1nc(NO)c(I)cn1[C@@H]1O[C@H](CO)C(O)C1O. The third-order valence-electron chi connectivity index (χ3n) is 2.80. The normalized spacial score (nSPS) is 30.6. The van der Waals surface area contributed by atoms with Crippen molar-refractivity contribution in [1.29, 1.82) is 0 Å². The number of aliphatic hydroxyl groups excluding tert-OH is 3. The molecule has 0 spiro atoms. The molecule has 5 N–H and O–H groups in total. The molecule has 19 heavy (non-hydrogen) atoms. The second-order valence-electron chi connectivity index (χ2n) is 3.97. The minimum absolute atomic E-state index is 0.0198. The molecule has 0 aliphatic carbocycles. The first-order valence-electron chi connectivity index (χ1n) is 5.30. The van der Waals surface area contributed by atoms with Crippen LogP contribution in [0.1, 0.15) is 6.23 Å². The first-order valence-corrected chi connectivity index (χ1v) is 6.38. The molecule has 9 nitrogen and oxygen atoms in total. The smallest absolute Gasteiger partial charge is 0.351 e. The van der Waals surface area contributed by atoms with Gasteiger partial charge in [-0.25, -0.2) is 4.79 Å². The molecule has 2 rings (SSSR count). The van der Waals surface area contributed by atoms with Crippen molar-refractivity contribution in [2.24, 2.45) is 0 Å². The number of halogens is 1. The van der Waals surface area contributed by atoms with E-state index in [-0.39, 0.29) is 5.82 Å². The van der Waals surface area contributed by atoms with Crippen molar-refractivity contribution >= 4 is 28.4 Å². The van der Waals surface area contributed by atoms with Crippen LogP contribution < -0.4 is 11.2 Å². The van der Waals surface area contributed by atoms with Gasteiger partial charge in [-0.1, -0.05) is 0 Å². The van der Waals surface area contributed by atoms with Crippen LogP contribution >= 0.6 is 22.6 Å². The number of hydrogen-bond donors (Lipinski definition) is 5. The highest BCUT2D eigenvalue weighted by Gasteiger charge is 2.43. The fourth-order valence-corrected chi connectivity index (χ4v) is 2.36. The van der Waals surface area contributed by atoms with Gasteiger partial charge in [-0.05, 0) is 22.6 Å². The zero-order valence-corrected chi connectivity index (χ0v) is 11.6. The van der Waals surface area contributed by atoms with Gasteiger partial charge in [0.05, 0.1) is 10.2 Å². The van der Waals surface area contributed by atoms with E-state index in [1.165, 1.54) is 6.20 Å². The van der Waals surface area contributed by atoms with Crippen molar-refractivity contribution in [3.63, 3.8) is 0 Å². The van der Waals surface area contributed by atoms with Crippen molar-refractivity contribution in [2.45, 2.75) is 24.5 Å². The highest BCUT2D eigenvalue weighted by Crippen LogP contribution is 2.28. The fourth-order valence-electron chi connectivity index (χ4n) is 1.82. The van der Waals surface area contributed by atoms with Crippen molar-refractivity contribution < 1.29 is 25.3 Å². The highest BCUT2D eigenvalue weighted by molar-refractivity contribution is 14.1. The molecule has 0 aromatic carbocycles. The maximum atomic E-state index is 11.7. The summed E-state index contributed by atoms with van der Waals surface area (Å²) in [4.78, 5) is 15.3. The molecule has 4 atom stereocenters. The van der Waals surface area contributed by atoms with E-state index >= 15 is 0 Å². The van der Waals surface area contributed by atoms with E-state index in [1.807, 2.05) is 22.6 Å². The number of aromatic nitrogens is 2. The molecular formula is C9H12IN3O6. The van der Waals surface area contributed by atoms with Gasteiger partial charge in [0.25, 0.3) is 0 Å². The van der Waals surface area contributed by atoms with Crippen LogP contribution in [0.25, 0.3) is 0 Å². The van der Waals surface area contributed by atoms with E-state index in [9.17, 15) is 15.0 Å². The van der Waals surface area contributed by atoms with Crippen LogP contribution in [0.5, 0.6) is 0 Å². The molecule has 2 heterocycles. The maximum Gasteiger partial charge on any atom is 0.351 e. The van der Waals surface area contributed by atoms with Gasteiger partial charge in [0, 0.05) is 6.20 Å². The van der Waals surface area contributed by atoms with Crippen LogP contribution in [0.15, 0.2) is 11.0 Å². The summed E-state index contributed by atoms with van der Waals surface area (Å²) in [5, 5.41) is 37.2. The molecule has 0 radical (unpaired) electrons. The number of nitrogens with zero attached hydrogens (tertiary/aromatic N) is 2. The van der Waals surface area contributed by atoms with E-state index in [1.54, 1.807) is 5.48 Å². The maximum absolute atomic E-state index is 11.7. The first-order chi connectivity index (χ1) is 8.99. The Morgan fingerprint density at radius 1 is 1.47 bits per heavy atom. The lowest BCUT2D eigenvalue weighted by Crippen LogP contribution is -2.36. The minimum atomic E-state index is -1.36. The third kappa shape index (κ3) is 2.59. The molecule has 1 saturated heterocycles. The largest absolute Gasteiger partial charge is 0.394 e. The van der Waals surface area contributed by atoms with Gasteiger partial charge in [0.2, 0.25) is 0 Å². The number of nitrogens with one attached hydrogen (secondary N) is 1.